The van der Waals surface area contributed by atoms with Gasteiger partial charge in [0.05, 0.1) is 11.2 Å². The summed E-state index contributed by atoms with van der Waals surface area (Å²) in [5, 5.41) is 21.5. The zero-order chi connectivity index (χ0) is 16.1. The molecule has 2 nitrogen and oxygen atoms in total. The van der Waals surface area contributed by atoms with Gasteiger partial charge >= 0.3 is 0 Å². The van der Waals surface area contributed by atoms with Gasteiger partial charge in [-0.3, -0.25) is 0 Å². The van der Waals surface area contributed by atoms with Crippen LogP contribution in [0.4, 0.5) is 0 Å². The van der Waals surface area contributed by atoms with E-state index in [0.29, 0.717) is 17.8 Å². The highest BCUT2D eigenvalue weighted by Gasteiger charge is 2.58. The SMILES string of the molecule is C=C[C@](C)(O)C[C@H]1[C@@]2(C)CCCC(C)(C)[C@@H]2CC[C@]1(C)O. The predicted molar refractivity (Wildman–Crippen MR) is 88.0 cm³/mol. The number of rotatable bonds is 3. The van der Waals surface area contributed by atoms with E-state index >= 15 is 0 Å². The van der Waals surface area contributed by atoms with Crippen molar-refractivity contribution in [3.8, 4) is 0 Å². The highest BCUT2D eigenvalue weighted by Crippen LogP contribution is 2.63. The Hall–Kier alpha value is -0.340. The summed E-state index contributed by atoms with van der Waals surface area (Å²) in [7, 11) is 0. The van der Waals surface area contributed by atoms with Gasteiger partial charge in [0.25, 0.3) is 0 Å². The largest absolute Gasteiger partial charge is 0.390 e. The molecule has 0 aliphatic heterocycles. The maximum absolute atomic E-state index is 11.0. The van der Waals surface area contributed by atoms with Crippen molar-refractivity contribution in [2.24, 2.45) is 22.7 Å². The van der Waals surface area contributed by atoms with E-state index in [0.717, 1.165) is 19.3 Å². The van der Waals surface area contributed by atoms with Crippen LogP contribution in [0.5, 0.6) is 0 Å². The molecule has 2 aliphatic rings. The van der Waals surface area contributed by atoms with E-state index in [1.807, 2.05) is 13.8 Å². The summed E-state index contributed by atoms with van der Waals surface area (Å²) in [5.74, 6) is 0.751. The Bertz CT molecular complexity index is 408. The topological polar surface area (TPSA) is 40.5 Å². The standard InChI is InChI=1S/C19H34O2/c1-7-17(4,20)13-15-18(5)11-8-10-16(2,3)14(18)9-12-19(15,6)21/h7,14-15,20-21H,1,8-13H2,2-6H3/t14-,15-,17-,18-,19-/m0/s1. The van der Waals surface area contributed by atoms with Crippen molar-refractivity contribution >= 4 is 0 Å². The van der Waals surface area contributed by atoms with E-state index < -0.39 is 11.2 Å². The molecule has 2 N–H and O–H groups in total. The van der Waals surface area contributed by atoms with Crippen molar-refractivity contribution in [2.45, 2.75) is 84.3 Å². The highest BCUT2D eigenvalue weighted by molar-refractivity contribution is 5.10. The summed E-state index contributed by atoms with van der Waals surface area (Å²) in [5.41, 5.74) is -1.15. The third-order valence-corrected chi connectivity index (χ3v) is 6.82. The van der Waals surface area contributed by atoms with Crippen LogP contribution >= 0.6 is 0 Å². The van der Waals surface area contributed by atoms with Crippen LogP contribution < -0.4 is 0 Å². The van der Waals surface area contributed by atoms with Gasteiger partial charge < -0.3 is 10.2 Å². The molecule has 2 heteroatoms. The summed E-state index contributed by atoms with van der Waals surface area (Å²) >= 11 is 0. The van der Waals surface area contributed by atoms with Crippen LogP contribution in [0.25, 0.3) is 0 Å². The van der Waals surface area contributed by atoms with Gasteiger partial charge in [0.1, 0.15) is 0 Å². The van der Waals surface area contributed by atoms with Crippen molar-refractivity contribution in [1.29, 1.82) is 0 Å². The van der Waals surface area contributed by atoms with Crippen molar-refractivity contribution in [2.75, 3.05) is 0 Å². The third kappa shape index (κ3) is 2.94. The van der Waals surface area contributed by atoms with Crippen LogP contribution in [0.15, 0.2) is 12.7 Å². The Kier molecular flexibility index (Phi) is 4.13. The minimum atomic E-state index is -0.902. The quantitative estimate of drug-likeness (QED) is 0.762. The van der Waals surface area contributed by atoms with Gasteiger partial charge in [-0.05, 0) is 68.6 Å². The molecule has 0 radical (unpaired) electrons. The lowest BCUT2D eigenvalue weighted by Gasteiger charge is -2.62. The van der Waals surface area contributed by atoms with E-state index in [-0.39, 0.29) is 11.3 Å². The van der Waals surface area contributed by atoms with E-state index in [4.69, 9.17) is 0 Å². The van der Waals surface area contributed by atoms with Crippen LogP contribution in [0, 0.1) is 22.7 Å². The molecule has 21 heavy (non-hydrogen) atoms. The molecule has 0 heterocycles. The minimum Gasteiger partial charge on any atom is -0.390 e. The number of hydrogen-bond donors (Lipinski definition) is 2. The zero-order valence-corrected chi connectivity index (χ0v) is 14.6. The van der Waals surface area contributed by atoms with E-state index in [1.54, 1.807) is 6.08 Å². The van der Waals surface area contributed by atoms with Crippen molar-refractivity contribution in [1.82, 2.24) is 0 Å². The fourth-order valence-corrected chi connectivity index (χ4v) is 5.57. The van der Waals surface area contributed by atoms with Gasteiger partial charge in [-0.25, -0.2) is 0 Å². The van der Waals surface area contributed by atoms with Gasteiger partial charge in [-0.1, -0.05) is 33.3 Å². The van der Waals surface area contributed by atoms with Crippen LogP contribution in [-0.4, -0.2) is 21.4 Å². The molecular formula is C19H34O2. The second kappa shape index (κ2) is 5.09. The van der Waals surface area contributed by atoms with E-state index in [9.17, 15) is 10.2 Å². The van der Waals surface area contributed by atoms with Crippen molar-refractivity contribution in [3.05, 3.63) is 12.7 Å². The third-order valence-electron chi connectivity index (χ3n) is 6.82. The minimum absolute atomic E-state index is 0.108. The van der Waals surface area contributed by atoms with Crippen LogP contribution in [0.3, 0.4) is 0 Å². The molecule has 122 valence electrons. The molecule has 0 unspecified atom stereocenters. The number of fused-ring (bicyclic) bond motifs is 1. The molecule has 2 fully saturated rings. The summed E-state index contributed by atoms with van der Waals surface area (Å²) < 4.78 is 0. The molecule has 0 saturated heterocycles. The molecule has 0 amide bonds. The summed E-state index contributed by atoms with van der Waals surface area (Å²) in [6.07, 6.45) is 7.84. The average Bonchev–Trinajstić information content (AvgIpc) is 2.33. The molecule has 0 spiro atoms. The lowest BCUT2D eigenvalue weighted by atomic mass is 9.44. The van der Waals surface area contributed by atoms with Gasteiger partial charge in [-0.15, -0.1) is 6.58 Å². The number of hydrogen-bond acceptors (Lipinski definition) is 2. The first-order chi connectivity index (χ1) is 9.45. The molecule has 5 atom stereocenters. The van der Waals surface area contributed by atoms with Gasteiger partial charge in [0, 0.05) is 0 Å². The number of aliphatic hydroxyl groups is 2. The Balaban J connectivity index is 2.39. The molecule has 2 saturated carbocycles. The Morgan fingerprint density at radius 3 is 2.38 bits per heavy atom. The van der Waals surface area contributed by atoms with Crippen LogP contribution in [0.2, 0.25) is 0 Å². The van der Waals surface area contributed by atoms with Crippen molar-refractivity contribution < 1.29 is 10.2 Å². The highest BCUT2D eigenvalue weighted by atomic mass is 16.3. The first-order valence-electron chi connectivity index (χ1n) is 8.53. The molecular weight excluding hydrogens is 260 g/mol. The van der Waals surface area contributed by atoms with Gasteiger partial charge in [0.15, 0.2) is 0 Å². The van der Waals surface area contributed by atoms with E-state index in [1.165, 1.54) is 12.8 Å². The van der Waals surface area contributed by atoms with Gasteiger partial charge in [-0.2, -0.15) is 0 Å². The van der Waals surface area contributed by atoms with Crippen molar-refractivity contribution in [3.63, 3.8) is 0 Å². The summed E-state index contributed by atoms with van der Waals surface area (Å²) in [6, 6.07) is 0. The molecule has 2 aliphatic carbocycles. The lowest BCUT2D eigenvalue weighted by Crippen LogP contribution is -2.58. The monoisotopic (exact) mass is 294 g/mol. The maximum atomic E-state index is 11.0. The Morgan fingerprint density at radius 1 is 1.19 bits per heavy atom. The fraction of sp³-hybridized carbons (Fsp3) is 0.895. The van der Waals surface area contributed by atoms with E-state index in [2.05, 4.69) is 27.4 Å². The molecule has 0 aromatic carbocycles. The molecule has 0 aromatic heterocycles. The first kappa shape index (κ1) is 17.0. The molecule has 0 bridgehead atoms. The molecule has 0 aromatic rings. The summed E-state index contributed by atoms with van der Waals surface area (Å²) in [6.45, 7) is 14.7. The van der Waals surface area contributed by atoms with Gasteiger partial charge in [0.2, 0.25) is 0 Å². The Morgan fingerprint density at radius 2 is 1.81 bits per heavy atom. The maximum Gasteiger partial charge on any atom is 0.0801 e. The normalized spacial score (nSPS) is 45.5. The lowest BCUT2D eigenvalue weighted by molar-refractivity contribution is -0.180. The zero-order valence-electron chi connectivity index (χ0n) is 14.6. The Labute approximate surface area is 130 Å². The smallest absolute Gasteiger partial charge is 0.0801 e. The van der Waals surface area contributed by atoms with Crippen LogP contribution in [-0.2, 0) is 0 Å². The average molecular weight is 294 g/mol. The second-order valence-electron chi connectivity index (χ2n) is 9.11. The summed E-state index contributed by atoms with van der Waals surface area (Å²) in [4.78, 5) is 0. The second-order valence-corrected chi connectivity index (χ2v) is 9.11. The first-order valence-corrected chi connectivity index (χ1v) is 8.53. The fourth-order valence-electron chi connectivity index (χ4n) is 5.57. The van der Waals surface area contributed by atoms with Crippen LogP contribution in [0.1, 0.15) is 73.1 Å². The molecule has 2 rings (SSSR count). The predicted octanol–water partition coefficient (Wildman–Crippen LogP) is 4.31.